The summed E-state index contributed by atoms with van der Waals surface area (Å²) in [5.74, 6) is 0.344. The predicted molar refractivity (Wildman–Crippen MR) is 82.5 cm³/mol. The molecule has 0 radical (unpaired) electrons. The maximum atomic E-state index is 12.9. The van der Waals surface area contributed by atoms with Crippen molar-refractivity contribution in [3.8, 4) is 5.75 Å². The molecule has 0 amide bonds. The second-order valence-electron chi connectivity index (χ2n) is 4.51. The summed E-state index contributed by atoms with van der Waals surface area (Å²) < 4.78 is 18.6. The predicted octanol–water partition coefficient (Wildman–Crippen LogP) is 5.26. The first kappa shape index (κ1) is 14.1. The molecule has 3 rings (SSSR count). The Hall–Kier alpha value is -1.84. The Balaban J connectivity index is 1.92. The van der Waals surface area contributed by atoms with E-state index in [2.05, 4.69) is 4.98 Å². The van der Waals surface area contributed by atoms with E-state index in [4.69, 9.17) is 27.9 Å². The molecule has 0 bridgehead atoms. The topological polar surface area (TPSA) is 22.1 Å². The lowest BCUT2D eigenvalue weighted by atomic mass is 10.2. The monoisotopic (exact) mass is 321 g/mol. The van der Waals surface area contributed by atoms with E-state index in [1.54, 1.807) is 36.5 Å². The fourth-order valence-electron chi connectivity index (χ4n) is 2.04. The van der Waals surface area contributed by atoms with Gasteiger partial charge in [-0.25, -0.2) is 4.39 Å². The summed E-state index contributed by atoms with van der Waals surface area (Å²) >= 11 is 12.2. The van der Waals surface area contributed by atoms with Gasteiger partial charge < -0.3 is 4.74 Å². The van der Waals surface area contributed by atoms with Gasteiger partial charge in [-0.3, -0.25) is 4.98 Å². The molecule has 0 atom stereocenters. The van der Waals surface area contributed by atoms with Crippen LogP contribution in [0.1, 0.15) is 5.56 Å². The molecule has 106 valence electrons. The number of halogens is 3. The molecule has 3 aromatic rings. The van der Waals surface area contributed by atoms with Crippen molar-refractivity contribution in [2.45, 2.75) is 6.61 Å². The summed E-state index contributed by atoms with van der Waals surface area (Å²) in [6, 6.07) is 11.3. The van der Waals surface area contributed by atoms with E-state index in [0.717, 1.165) is 5.56 Å². The number of aromatic nitrogens is 1. The minimum Gasteiger partial charge on any atom is -0.488 e. The Morgan fingerprint density at radius 2 is 1.81 bits per heavy atom. The smallest absolute Gasteiger partial charge is 0.132 e. The molecule has 0 spiro atoms. The van der Waals surface area contributed by atoms with Gasteiger partial charge in [0.2, 0.25) is 0 Å². The van der Waals surface area contributed by atoms with Crippen molar-refractivity contribution in [1.29, 1.82) is 0 Å². The quantitative estimate of drug-likeness (QED) is 0.656. The van der Waals surface area contributed by atoms with E-state index < -0.39 is 0 Å². The highest BCUT2D eigenvalue weighted by Crippen LogP contribution is 2.33. The summed E-state index contributed by atoms with van der Waals surface area (Å²) in [7, 11) is 0. The Morgan fingerprint density at radius 3 is 2.57 bits per heavy atom. The standard InChI is InChI=1S/C16H10Cl2FNO/c17-11-7-13(18)16-14(8-11)20-6-5-15(16)21-9-10-1-3-12(19)4-2-10/h1-8H,9H2. The molecule has 0 aliphatic heterocycles. The maximum Gasteiger partial charge on any atom is 0.132 e. The summed E-state index contributed by atoms with van der Waals surface area (Å²) in [4.78, 5) is 4.23. The Kier molecular flexibility index (Phi) is 3.95. The van der Waals surface area contributed by atoms with E-state index in [-0.39, 0.29) is 5.82 Å². The third kappa shape index (κ3) is 3.09. The number of fused-ring (bicyclic) bond motifs is 1. The van der Waals surface area contributed by atoms with Crippen molar-refractivity contribution in [3.05, 3.63) is 70.1 Å². The second-order valence-corrected chi connectivity index (χ2v) is 5.35. The van der Waals surface area contributed by atoms with E-state index in [9.17, 15) is 4.39 Å². The third-order valence-electron chi connectivity index (χ3n) is 3.03. The van der Waals surface area contributed by atoms with Gasteiger partial charge in [0, 0.05) is 11.2 Å². The molecule has 1 heterocycles. The first-order valence-electron chi connectivity index (χ1n) is 6.24. The van der Waals surface area contributed by atoms with Crippen LogP contribution in [0.2, 0.25) is 10.0 Å². The highest BCUT2D eigenvalue weighted by atomic mass is 35.5. The largest absolute Gasteiger partial charge is 0.488 e. The number of nitrogens with zero attached hydrogens (tertiary/aromatic N) is 1. The fraction of sp³-hybridized carbons (Fsp3) is 0.0625. The SMILES string of the molecule is Fc1ccc(COc2ccnc3cc(Cl)cc(Cl)c23)cc1. The van der Waals surface area contributed by atoms with Crippen molar-refractivity contribution in [1.82, 2.24) is 4.98 Å². The molecular formula is C16H10Cl2FNO. The number of ether oxygens (including phenoxy) is 1. The summed E-state index contributed by atoms with van der Waals surface area (Å²) in [5.41, 5.74) is 1.54. The maximum absolute atomic E-state index is 12.9. The Bertz CT molecular complexity index is 790. The van der Waals surface area contributed by atoms with Crippen LogP contribution in [0, 0.1) is 5.82 Å². The fourth-order valence-corrected chi connectivity index (χ4v) is 2.61. The number of pyridine rings is 1. The van der Waals surface area contributed by atoms with Gasteiger partial charge >= 0.3 is 0 Å². The van der Waals surface area contributed by atoms with Gasteiger partial charge in [-0.2, -0.15) is 0 Å². The van der Waals surface area contributed by atoms with Crippen LogP contribution in [-0.4, -0.2) is 4.98 Å². The van der Waals surface area contributed by atoms with Gasteiger partial charge in [0.1, 0.15) is 18.2 Å². The van der Waals surface area contributed by atoms with Gasteiger partial charge in [0.15, 0.2) is 0 Å². The van der Waals surface area contributed by atoms with Crippen LogP contribution in [-0.2, 0) is 6.61 Å². The van der Waals surface area contributed by atoms with Crippen molar-refractivity contribution < 1.29 is 9.13 Å². The number of hydrogen-bond donors (Lipinski definition) is 0. The van der Waals surface area contributed by atoms with Gasteiger partial charge in [-0.05, 0) is 35.9 Å². The minimum atomic E-state index is -0.272. The molecule has 0 N–H and O–H groups in total. The highest BCUT2D eigenvalue weighted by molar-refractivity contribution is 6.38. The lowest BCUT2D eigenvalue weighted by molar-refractivity contribution is 0.309. The number of rotatable bonds is 3. The first-order valence-corrected chi connectivity index (χ1v) is 7.00. The Morgan fingerprint density at radius 1 is 1.05 bits per heavy atom. The van der Waals surface area contributed by atoms with Gasteiger partial charge in [-0.1, -0.05) is 35.3 Å². The van der Waals surface area contributed by atoms with E-state index in [1.807, 2.05) is 0 Å². The van der Waals surface area contributed by atoms with Gasteiger partial charge in [0.25, 0.3) is 0 Å². The van der Waals surface area contributed by atoms with Gasteiger partial charge in [-0.15, -0.1) is 0 Å². The average Bonchev–Trinajstić information content (AvgIpc) is 2.46. The Labute approximate surface area is 131 Å². The molecule has 21 heavy (non-hydrogen) atoms. The third-order valence-corrected chi connectivity index (χ3v) is 3.54. The van der Waals surface area contributed by atoms with Crippen LogP contribution in [0.5, 0.6) is 5.75 Å². The molecule has 0 aliphatic carbocycles. The average molecular weight is 322 g/mol. The zero-order valence-electron chi connectivity index (χ0n) is 10.8. The molecule has 0 aliphatic rings. The van der Waals surface area contributed by atoms with Crippen LogP contribution in [0.3, 0.4) is 0 Å². The summed E-state index contributed by atoms with van der Waals surface area (Å²) in [5, 5.41) is 1.72. The van der Waals surface area contributed by atoms with Crippen molar-refractivity contribution in [3.63, 3.8) is 0 Å². The van der Waals surface area contributed by atoms with Gasteiger partial charge in [0.05, 0.1) is 15.9 Å². The van der Waals surface area contributed by atoms with Crippen LogP contribution < -0.4 is 4.74 Å². The van der Waals surface area contributed by atoms with Crippen LogP contribution in [0.15, 0.2) is 48.7 Å². The second kappa shape index (κ2) is 5.88. The summed E-state index contributed by atoms with van der Waals surface area (Å²) in [6.07, 6.45) is 1.63. The zero-order chi connectivity index (χ0) is 14.8. The molecule has 0 fully saturated rings. The molecule has 0 saturated carbocycles. The normalized spacial score (nSPS) is 10.8. The summed E-state index contributed by atoms with van der Waals surface area (Å²) in [6.45, 7) is 0.318. The van der Waals surface area contributed by atoms with Crippen molar-refractivity contribution in [2.24, 2.45) is 0 Å². The lowest BCUT2D eigenvalue weighted by Gasteiger charge is -2.10. The zero-order valence-corrected chi connectivity index (χ0v) is 12.3. The van der Waals surface area contributed by atoms with Crippen molar-refractivity contribution >= 4 is 34.1 Å². The molecule has 0 saturated heterocycles. The van der Waals surface area contributed by atoms with E-state index in [0.29, 0.717) is 33.3 Å². The van der Waals surface area contributed by atoms with Crippen LogP contribution >= 0.6 is 23.2 Å². The molecule has 0 unspecified atom stereocenters. The highest BCUT2D eigenvalue weighted by Gasteiger charge is 2.09. The number of hydrogen-bond acceptors (Lipinski definition) is 2. The molecule has 2 nitrogen and oxygen atoms in total. The van der Waals surface area contributed by atoms with E-state index >= 15 is 0 Å². The van der Waals surface area contributed by atoms with Crippen LogP contribution in [0.4, 0.5) is 4.39 Å². The minimum absolute atomic E-state index is 0.272. The van der Waals surface area contributed by atoms with E-state index in [1.165, 1.54) is 12.1 Å². The van der Waals surface area contributed by atoms with Crippen LogP contribution in [0.25, 0.3) is 10.9 Å². The molecular weight excluding hydrogens is 312 g/mol. The molecule has 2 aromatic carbocycles. The van der Waals surface area contributed by atoms with Crippen molar-refractivity contribution in [2.75, 3.05) is 0 Å². The lowest BCUT2D eigenvalue weighted by Crippen LogP contribution is -1.97. The molecule has 5 heteroatoms. The first-order chi connectivity index (χ1) is 10.1. The number of benzene rings is 2. The molecule has 1 aromatic heterocycles.